The highest BCUT2D eigenvalue weighted by Crippen LogP contribution is 2.23. The molecule has 3 rings (SSSR count). The highest BCUT2D eigenvalue weighted by Gasteiger charge is 2.20. The van der Waals surface area contributed by atoms with Gasteiger partial charge in [-0.1, -0.05) is 56.8 Å². The van der Waals surface area contributed by atoms with Crippen LogP contribution in [0.5, 0.6) is 0 Å². The molecule has 1 aliphatic heterocycles. The molecule has 0 radical (unpaired) electrons. The summed E-state index contributed by atoms with van der Waals surface area (Å²) < 4.78 is 0. The predicted octanol–water partition coefficient (Wildman–Crippen LogP) is 5.74. The van der Waals surface area contributed by atoms with E-state index in [-0.39, 0.29) is 0 Å². The second kappa shape index (κ2) is 12.4. The average molecular weight is 429 g/mol. The minimum atomic E-state index is 0.315. The van der Waals surface area contributed by atoms with Crippen LogP contribution >= 0.6 is 11.3 Å². The first-order valence-corrected chi connectivity index (χ1v) is 11.9. The maximum atomic E-state index is 12.5. The Morgan fingerprint density at radius 2 is 1.67 bits per heavy atom. The van der Waals surface area contributed by atoms with Crippen molar-refractivity contribution in [2.24, 2.45) is 10.2 Å². The number of rotatable bonds is 11. The number of hydrogen-bond donors (Lipinski definition) is 0. The van der Waals surface area contributed by atoms with Gasteiger partial charge < -0.3 is 9.80 Å². The highest BCUT2D eigenvalue weighted by atomic mass is 32.1. The number of carbonyl (C=O) groups is 1. The van der Waals surface area contributed by atoms with Crippen molar-refractivity contribution >= 4 is 33.8 Å². The van der Waals surface area contributed by atoms with Crippen LogP contribution in [0, 0.1) is 0 Å². The first-order valence-electron chi connectivity index (χ1n) is 11.1. The minimum Gasteiger partial charge on any atom is -0.368 e. The summed E-state index contributed by atoms with van der Waals surface area (Å²) in [5, 5.41) is 16.4. The molecule has 1 amide bonds. The smallest absolute Gasteiger partial charge is 0.251 e. The molecule has 1 fully saturated rings. The third-order valence-corrected chi connectivity index (χ3v) is 6.01. The second-order valence-electron chi connectivity index (χ2n) is 7.68. The molecule has 0 saturated carbocycles. The Kier molecular flexibility index (Phi) is 9.21. The Hall–Kier alpha value is -2.35. The summed E-state index contributed by atoms with van der Waals surface area (Å²) in [6.45, 7) is 5.58. The molecule has 0 bridgehead atoms. The Morgan fingerprint density at radius 1 is 0.967 bits per heavy atom. The number of anilines is 1. The van der Waals surface area contributed by atoms with Crippen molar-refractivity contribution in [2.75, 3.05) is 31.1 Å². The summed E-state index contributed by atoms with van der Waals surface area (Å²) >= 11 is 1.36. The lowest BCUT2D eigenvalue weighted by atomic mass is 10.1. The van der Waals surface area contributed by atoms with Gasteiger partial charge in [0.1, 0.15) is 5.51 Å². The lowest BCUT2D eigenvalue weighted by Crippen LogP contribution is -2.48. The summed E-state index contributed by atoms with van der Waals surface area (Å²) in [6, 6.07) is 8.03. The van der Waals surface area contributed by atoms with Crippen LogP contribution in [0.25, 0.3) is 0 Å². The fourth-order valence-corrected chi connectivity index (χ4v) is 4.02. The molecular weight excluding hydrogens is 396 g/mol. The Bertz CT molecular complexity index is 769. The van der Waals surface area contributed by atoms with Gasteiger partial charge in [-0.2, -0.15) is 0 Å². The molecule has 1 aromatic heterocycles. The van der Waals surface area contributed by atoms with E-state index in [0.717, 1.165) is 44.0 Å². The molecule has 2 aromatic rings. The number of benzene rings is 1. The monoisotopic (exact) mass is 428 g/mol. The van der Waals surface area contributed by atoms with Crippen LogP contribution in [0.2, 0.25) is 0 Å². The predicted molar refractivity (Wildman–Crippen MR) is 122 cm³/mol. The van der Waals surface area contributed by atoms with E-state index in [0.29, 0.717) is 17.5 Å². The van der Waals surface area contributed by atoms with Crippen LogP contribution in [0.15, 0.2) is 40.0 Å². The molecule has 8 heteroatoms. The highest BCUT2D eigenvalue weighted by molar-refractivity contribution is 7.13. The van der Waals surface area contributed by atoms with Crippen molar-refractivity contribution < 1.29 is 4.79 Å². The number of amides is 1. The standard InChI is InChI=1S/C22H32N6OS/c1-2-3-4-5-6-7-8-9-21(29)28-16-14-27(15-17-28)20-12-10-19(11-13-20)24-26-22-25-23-18-30-22/h10-13,18H,2-9,14-17H2,1H3. The van der Waals surface area contributed by atoms with E-state index in [1.54, 1.807) is 5.51 Å². The molecule has 0 unspecified atom stereocenters. The lowest BCUT2D eigenvalue weighted by Gasteiger charge is -2.36. The quantitative estimate of drug-likeness (QED) is 0.338. The molecule has 0 atom stereocenters. The maximum absolute atomic E-state index is 12.5. The summed E-state index contributed by atoms with van der Waals surface area (Å²) in [4.78, 5) is 16.8. The number of piperazine rings is 1. The molecular formula is C22H32N6OS. The van der Waals surface area contributed by atoms with Crippen molar-refractivity contribution in [3.05, 3.63) is 29.8 Å². The van der Waals surface area contributed by atoms with Crippen LogP contribution in [0.1, 0.15) is 58.3 Å². The van der Waals surface area contributed by atoms with Gasteiger partial charge in [0.25, 0.3) is 5.13 Å². The van der Waals surface area contributed by atoms with E-state index in [9.17, 15) is 4.79 Å². The average Bonchev–Trinajstić information content (AvgIpc) is 3.31. The molecule has 1 aliphatic rings. The first kappa shape index (κ1) is 22.3. The number of hydrogen-bond acceptors (Lipinski definition) is 7. The van der Waals surface area contributed by atoms with Crippen molar-refractivity contribution in [1.29, 1.82) is 0 Å². The summed E-state index contributed by atoms with van der Waals surface area (Å²) in [6.07, 6.45) is 9.42. The van der Waals surface area contributed by atoms with Gasteiger partial charge >= 0.3 is 0 Å². The molecule has 0 aliphatic carbocycles. The first-order chi connectivity index (χ1) is 14.8. The van der Waals surface area contributed by atoms with E-state index >= 15 is 0 Å². The topological polar surface area (TPSA) is 74.1 Å². The third-order valence-electron chi connectivity index (χ3n) is 5.44. The molecule has 1 saturated heterocycles. The zero-order valence-corrected chi connectivity index (χ0v) is 18.7. The zero-order valence-electron chi connectivity index (χ0n) is 17.9. The van der Waals surface area contributed by atoms with E-state index in [1.165, 1.54) is 49.9 Å². The summed E-state index contributed by atoms with van der Waals surface area (Å²) in [5.41, 5.74) is 3.58. The van der Waals surface area contributed by atoms with Crippen LogP contribution in [0.3, 0.4) is 0 Å². The van der Waals surface area contributed by atoms with E-state index in [4.69, 9.17) is 0 Å². The van der Waals surface area contributed by atoms with Crippen LogP contribution < -0.4 is 4.90 Å². The van der Waals surface area contributed by atoms with E-state index < -0.39 is 0 Å². The molecule has 0 spiro atoms. The largest absolute Gasteiger partial charge is 0.368 e. The zero-order chi connectivity index (χ0) is 21.0. The normalized spacial score (nSPS) is 14.6. The fourth-order valence-electron chi connectivity index (χ4n) is 3.65. The van der Waals surface area contributed by atoms with Gasteiger partial charge in [0.2, 0.25) is 5.91 Å². The van der Waals surface area contributed by atoms with Gasteiger partial charge in [0.05, 0.1) is 5.69 Å². The van der Waals surface area contributed by atoms with Gasteiger partial charge in [0, 0.05) is 38.3 Å². The number of carbonyl (C=O) groups excluding carboxylic acids is 1. The SMILES string of the molecule is CCCCCCCCCC(=O)N1CCN(c2ccc(N=Nc3nncs3)cc2)CC1. The molecule has 7 nitrogen and oxygen atoms in total. The maximum Gasteiger partial charge on any atom is 0.251 e. The molecule has 162 valence electrons. The van der Waals surface area contributed by atoms with Crippen molar-refractivity contribution in [2.45, 2.75) is 58.3 Å². The Morgan fingerprint density at radius 3 is 2.33 bits per heavy atom. The van der Waals surface area contributed by atoms with Gasteiger partial charge in [-0.25, -0.2) is 0 Å². The van der Waals surface area contributed by atoms with Crippen molar-refractivity contribution in [3.63, 3.8) is 0 Å². The molecule has 2 heterocycles. The van der Waals surface area contributed by atoms with Gasteiger partial charge in [-0.3, -0.25) is 4.79 Å². The van der Waals surface area contributed by atoms with Crippen molar-refractivity contribution in [3.8, 4) is 0 Å². The van der Waals surface area contributed by atoms with Crippen LogP contribution in [-0.4, -0.2) is 47.2 Å². The Balaban J connectivity index is 1.36. The Labute approximate surface area is 183 Å². The van der Waals surface area contributed by atoms with Crippen molar-refractivity contribution in [1.82, 2.24) is 15.1 Å². The second-order valence-corrected chi connectivity index (χ2v) is 8.49. The summed E-state index contributed by atoms with van der Waals surface area (Å²) in [7, 11) is 0. The van der Waals surface area contributed by atoms with E-state index in [2.05, 4.69) is 44.4 Å². The van der Waals surface area contributed by atoms with Crippen LogP contribution in [0.4, 0.5) is 16.5 Å². The third kappa shape index (κ3) is 7.16. The number of aromatic nitrogens is 2. The number of azo groups is 1. The van der Waals surface area contributed by atoms with Crippen LogP contribution in [-0.2, 0) is 4.79 Å². The summed E-state index contributed by atoms with van der Waals surface area (Å²) in [5.74, 6) is 0.315. The van der Waals surface area contributed by atoms with Gasteiger partial charge in [-0.05, 0) is 30.7 Å². The lowest BCUT2D eigenvalue weighted by molar-refractivity contribution is -0.131. The fraction of sp³-hybridized carbons (Fsp3) is 0.591. The van der Waals surface area contributed by atoms with E-state index in [1.807, 2.05) is 17.0 Å². The minimum absolute atomic E-state index is 0.315. The number of nitrogens with zero attached hydrogens (tertiary/aromatic N) is 6. The molecule has 1 aromatic carbocycles. The van der Waals surface area contributed by atoms with Gasteiger partial charge in [-0.15, -0.1) is 20.4 Å². The van der Waals surface area contributed by atoms with Gasteiger partial charge in [0.15, 0.2) is 0 Å². The molecule has 0 N–H and O–H groups in total. The number of unbranched alkanes of at least 4 members (excludes halogenated alkanes) is 6. The molecule has 30 heavy (non-hydrogen) atoms.